The Bertz CT molecular complexity index is 403. The number of aromatic amines is 1. The summed E-state index contributed by atoms with van der Waals surface area (Å²) >= 11 is 0. The number of carboxylic acid groups (broad SMARTS) is 1. The van der Waals surface area contributed by atoms with Crippen LogP contribution in [0.5, 0.6) is 0 Å². The Kier molecular flexibility index (Phi) is 4.09. The van der Waals surface area contributed by atoms with Crippen molar-refractivity contribution in [2.45, 2.75) is 0 Å². The predicted molar refractivity (Wildman–Crippen MR) is 42.6 cm³/mol. The smallest absolute Gasteiger partial charge is 0.543 e. The van der Waals surface area contributed by atoms with Crippen LogP contribution in [0.3, 0.4) is 0 Å². The van der Waals surface area contributed by atoms with Gasteiger partial charge < -0.3 is 14.9 Å². The first kappa shape index (κ1) is 11.4. The van der Waals surface area contributed by atoms with E-state index < -0.39 is 5.97 Å². The molecule has 0 saturated heterocycles. The zero-order chi connectivity index (χ0) is 8.55. The van der Waals surface area contributed by atoms with Gasteiger partial charge in [0, 0.05) is 10.9 Å². The third-order valence-electron chi connectivity index (χ3n) is 1.75. The van der Waals surface area contributed by atoms with Gasteiger partial charge in [0.2, 0.25) is 0 Å². The first-order valence-electron chi connectivity index (χ1n) is 3.56. The first-order valence-corrected chi connectivity index (χ1v) is 3.56. The monoisotopic (exact) mass is 293 g/mol. The standard InChI is InChI=1S/C9H7NO2.Cs/c11-9(12)8-5-6-3-1-2-4-7(6)10-8;/h1-5,10H,(H,11,12);/q;+1/p-1. The van der Waals surface area contributed by atoms with Crippen LogP contribution in [0.2, 0.25) is 0 Å². The van der Waals surface area contributed by atoms with E-state index in [4.69, 9.17) is 0 Å². The number of hydrogen-bond donors (Lipinski definition) is 1. The summed E-state index contributed by atoms with van der Waals surface area (Å²) in [5, 5.41) is 11.3. The van der Waals surface area contributed by atoms with E-state index in [-0.39, 0.29) is 74.6 Å². The van der Waals surface area contributed by atoms with E-state index >= 15 is 0 Å². The number of rotatable bonds is 1. The molecule has 1 N–H and O–H groups in total. The minimum atomic E-state index is -1.17. The van der Waals surface area contributed by atoms with E-state index in [0.29, 0.717) is 0 Å². The molecular formula is C9H6CsNO2. The Hall–Kier alpha value is 0.282. The average molecular weight is 293 g/mol. The number of fused-ring (bicyclic) bond motifs is 1. The summed E-state index contributed by atoms with van der Waals surface area (Å²) in [7, 11) is 0. The van der Waals surface area contributed by atoms with Gasteiger partial charge in [-0.25, -0.2) is 0 Å². The van der Waals surface area contributed by atoms with Gasteiger partial charge in [0.15, 0.2) is 0 Å². The van der Waals surface area contributed by atoms with Crippen molar-refractivity contribution in [1.82, 2.24) is 4.98 Å². The van der Waals surface area contributed by atoms with E-state index in [2.05, 4.69) is 4.98 Å². The second kappa shape index (κ2) is 4.68. The number of aromatic carboxylic acids is 1. The molecular weight excluding hydrogens is 287 g/mol. The number of aromatic nitrogens is 1. The fraction of sp³-hybridized carbons (Fsp3) is 0. The largest absolute Gasteiger partial charge is 1.00 e. The number of hydrogen-bond acceptors (Lipinski definition) is 2. The topological polar surface area (TPSA) is 55.9 Å². The number of para-hydroxylation sites is 1. The summed E-state index contributed by atoms with van der Waals surface area (Å²) in [6.45, 7) is 0. The molecule has 0 aliphatic carbocycles. The molecule has 0 radical (unpaired) electrons. The SMILES string of the molecule is O=C([O-])c1cc2ccccc2[nH]1.[Cs+]. The van der Waals surface area contributed by atoms with Crippen LogP contribution < -0.4 is 74.0 Å². The van der Waals surface area contributed by atoms with Crippen molar-refractivity contribution in [3.8, 4) is 0 Å². The molecule has 2 rings (SSSR count). The second-order valence-electron chi connectivity index (χ2n) is 2.56. The maximum absolute atomic E-state index is 10.4. The molecule has 1 heterocycles. The van der Waals surface area contributed by atoms with Crippen LogP contribution in [0.1, 0.15) is 10.5 Å². The van der Waals surface area contributed by atoms with Crippen molar-refractivity contribution in [2.24, 2.45) is 0 Å². The molecule has 1 aromatic heterocycles. The van der Waals surface area contributed by atoms with E-state index in [1.54, 1.807) is 6.07 Å². The van der Waals surface area contributed by atoms with Crippen molar-refractivity contribution in [3.05, 3.63) is 36.0 Å². The third kappa shape index (κ3) is 2.40. The Balaban J connectivity index is 0.000000845. The van der Waals surface area contributed by atoms with Crippen molar-refractivity contribution < 1.29 is 78.8 Å². The normalized spacial score (nSPS) is 9.54. The fourth-order valence-corrected chi connectivity index (χ4v) is 1.18. The van der Waals surface area contributed by atoms with Gasteiger partial charge in [0.25, 0.3) is 0 Å². The number of carbonyl (C=O) groups excluding carboxylic acids is 1. The number of H-pyrrole nitrogens is 1. The van der Waals surface area contributed by atoms with Crippen LogP contribution in [0.15, 0.2) is 30.3 Å². The summed E-state index contributed by atoms with van der Waals surface area (Å²) in [4.78, 5) is 13.2. The van der Waals surface area contributed by atoms with Crippen LogP contribution in [-0.2, 0) is 0 Å². The minimum absolute atomic E-state index is 0. The van der Waals surface area contributed by atoms with Crippen LogP contribution in [0.4, 0.5) is 0 Å². The molecule has 0 saturated carbocycles. The molecule has 13 heavy (non-hydrogen) atoms. The molecule has 0 aliphatic rings. The average Bonchev–Trinajstić information content (AvgIpc) is 2.46. The Morgan fingerprint density at radius 1 is 1.31 bits per heavy atom. The van der Waals surface area contributed by atoms with Crippen LogP contribution in [0.25, 0.3) is 10.9 Å². The summed E-state index contributed by atoms with van der Waals surface area (Å²) in [5.74, 6) is -1.17. The van der Waals surface area contributed by atoms with Crippen molar-refractivity contribution in [2.75, 3.05) is 0 Å². The quantitative estimate of drug-likeness (QED) is 0.634. The van der Waals surface area contributed by atoms with Gasteiger partial charge in [-0.3, -0.25) is 0 Å². The molecule has 0 fully saturated rings. The number of carboxylic acids is 1. The van der Waals surface area contributed by atoms with Crippen LogP contribution >= 0.6 is 0 Å². The maximum Gasteiger partial charge on any atom is 1.00 e. The first-order chi connectivity index (χ1) is 5.77. The summed E-state index contributed by atoms with van der Waals surface area (Å²) in [6, 6.07) is 8.93. The number of carbonyl (C=O) groups is 1. The van der Waals surface area contributed by atoms with Crippen LogP contribution in [0, 0.1) is 0 Å². The molecule has 3 nitrogen and oxygen atoms in total. The molecule has 0 aliphatic heterocycles. The van der Waals surface area contributed by atoms with E-state index in [9.17, 15) is 9.90 Å². The van der Waals surface area contributed by atoms with Crippen molar-refractivity contribution >= 4 is 16.9 Å². The van der Waals surface area contributed by atoms with E-state index in [1.807, 2.05) is 24.3 Å². The number of benzene rings is 1. The van der Waals surface area contributed by atoms with Gasteiger partial charge >= 0.3 is 68.9 Å². The molecule has 1 aromatic carbocycles. The van der Waals surface area contributed by atoms with Gasteiger partial charge in [-0.1, -0.05) is 18.2 Å². The maximum atomic E-state index is 10.4. The summed E-state index contributed by atoms with van der Waals surface area (Å²) in [6.07, 6.45) is 0. The van der Waals surface area contributed by atoms with E-state index in [1.165, 1.54) is 0 Å². The molecule has 0 amide bonds. The third-order valence-corrected chi connectivity index (χ3v) is 1.75. The fourth-order valence-electron chi connectivity index (χ4n) is 1.18. The van der Waals surface area contributed by atoms with Gasteiger partial charge in [0.1, 0.15) is 0 Å². The molecule has 0 atom stereocenters. The molecule has 4 heteroatoms. The van der Waals surface area contributed by atoms with Crippen molar-refractivity contribution in [3.63, 3.8) is 0 Å². The molecule has 2 aromatic rings. The van der Waals surface area contributed by atoms with Gasteiger partial charge in [-0.05, 0) is 12.1 Å². The molecule has 0 bridgehead atoms. The second-order valence-corrected chi connectivity index (χ2v) is 2.56. The Morgan fingerprint density at radius 3 is 2.62 bits per heavy atom. The molecule has 0 unspecified atom stereocenters. The summed E-state index contributed by atoms with van der Waals surface area (Å²) in [5.41, 5.74) is 0.938. The number of nitrogens with one attached hydrogen (secondary N) is 1. The minimum Gasteiger partial charge on any atom is -0.543 e. The Morgan fingerprint density at radius 2 is 2.00 bits per heavy atom. The van der Waals surface area contributed by atoms with Gasteiger partial charge in [0.05, 0.1) is 11.7 Å². The summed E-state index contributed by atoms with van der Waals surface area (Å²) < 4.78 is 0. The molecule has 60 valence electrons. The van der Waals surface area contributed by atoms with Gasteiger partial charge in [-0.15, -0.1) is 0 Å². The predicted octanol–water partition coefficient (Wildman–Crippen LogP) is -2.46. The van der Waals surface area contributed by atoms with Crippen LogP contribution in [-0.4, -0.2) is 11.0 Å². The molecule has 0 spiro atoms. The Labute approximate surface area is 134 Å². The zero-order valence-corrected chi connectivity index (χ0v) is 13.5. The van der Waals surface area contributed by atoms with Gasteiger partial charge in [-0.2, -0.15) is 0 Å². The van der Waals surface area contributed by atoms with E-state index in [0.717, 1.165) is 10.9 Å². The zero-order valence-electron chi connectivity index (χ0n) is 7.20. The van der Waals surface area contributed by atoms with Crippen molar-refractivity contribution in [1.29, 1.82) is 0 Å².